The molecule has 0 unspecified atom stereocenters. The summed E-state index contributed by atoms with van der Waals surface area (Å²) in [5.41, 5.74) is 5.52. The van der Waals surface area contributed by atoms with E-state index in [4.69, 9.17) is 5.14 Å². The maximum atomic E-state index is 13.4. The molecule has 1 aliphatic heterocycles. The van der Waals surface area contributed by atoms with E-state index < -0.39 is 16.1 Å². The number of hydrogen-bond donors (Lipinski definition) is 3. The van der Waals surface area contributed by atoms with Crippen molar-refractivity contribution in [3.8, 4) is 0 Å². The van der Waals surface area contributed by atoms with Crippen LogP contribution in [0.5, 0.6) is 0 Å². The first-order chi connectivity index (χ1) is 19.6. The van der Waals surface area contributed by atoms with Gasteiger partial charge in [0.25, 0.3) is 5.91 Å². The van der Waals surface area contributed by atoms with Crippen LogP contribution in [-0.2, 0) is 10.0 Å². The van der Waals surface area contributed by atoms with Gasteiger partial charge in [-0.1, -0.05) is 72.8 Å². The number of nitrogens with one attached hydrogen (secondary N) is 1. The number of amides is 2. The summed E-state index contributed by atoms with van der Waals surface area (Å²) in [5.74, 6) is -0.540. The number of likely N-dealkylation sites (tertiary alicyclic amines) is 1. The monoisotopic (exact) mass is 572 g/mol. The van der Waals surface area contributed by atoms with Crippen LogP contribution in [0.4, 0.5) is 4.79 Å². The van der Waals surface area contributed by atoms with E-state index in [1.165, 1.54) is 29.3 Å². The minimum absolute atomic E-state index is 0.0704. The number of carbonyl (C=O) groups excluding carboxylic acids is 1. The maximum Gasteiger partial charge on any atom is 0.421 e. The predicted molar refractivity (Wildman–Crippen MR) is 157 cm³/mol. The van der Waals surface area contributed by atoms with Crippen LogP contribution in [-0.4, -0.2) is 55.1 Å². The molecule has 1 heterocycles. The number of hydrogen-bond acceptors (Lipinski definition) is 5. The van der Waals surface area contributed by atoms with Crippen LogP contribution >= 0.6 is 0 Å². The first-order valence-electron chi connectivity index (χ1n) is 13.3. The molecular formula is C31H32N4O5S. The molecule has 212 valence electrons. The lowest BCUT2D eigenvalue weighted by atomic mass is 9.89. The lowest BCUT2D eigenvalue weighted by molar-refractivity contribution is 0.0774. The smallest absolute Gasteiger partial charge is 0.421 e. The Morgan fingerprint density at radius 3 is 2.29 bits per heavy atom. The lowest BCUT2D eigenvalue weighted by Crippen LogP contribution is -2.47. The quantitative estimate of drug-likeness (QED) is 0.265. The van der Waals surface area contributed by atoms with Gasteiger partial charge in [-0.15, -0.1) is 0 Å². The summed E-state index contributed by atoms with van der Waals surface area (Å²) in [6.07, 6.45) is -1.10. The molecular weight excluding hydrogens is 540 g/mol. The van der Waals surface area contributed by atoms with E-state index >= 15 is 0 Å². The van der Waals surface area contributed by atoms with Gasteiger partial charge in [0.05, 0.1) is 4.90 Å². The predicted octanol–water partition coefficient (Wildman–Crippen LogP) is 4.59. The molecule has 0 aromatic heterocycles. The number of nitrogens with two attached hydrogens (primary N) is 1. The van der Waals surface area contributed by atoms with Gasteiger partial charge in [0.1, 0.15) is 0 Å². The number of nitrogens with zero attached hydrogens (tertiary/aromatic N) is 2. The van der Waals surface area contributed by atoms with Gasteiger partial charge in [0, 0.05) is 43.1 Å². The number of benzene rings is 4. The van der Waals surface area contributed by atoms with E-state index in [2.05, 4.69) is 5.43 Å². The van der Waals surface area contributed by atoms with E-state index in [0.717, 1.165) is 21.9 Å². The Balaban J connectivity index is 1.38. The summed E-state index contributed by atoms with van der Waals surface area (Å²) in [6, 6.07) is 29.0. The first-order valence-corrected chi connectivity index (χ1v) is 14.9. The van der Waals surface area contributed by atoms with Crippen LogP contribution in [0.25, 0.3) is 10.8 Å². The molecule has 1 saturated heterocycles. The Morgan fingerprint density at radius 2 is 1.61 bits per heavy atom. The molecule has 10 heteroatoms. The van der Waals surface area contributed by atoms with E-state index in [1.54, 1.807) is 4.90 Å². The summed E-state index contributed by atoms with van der Waals surface area (Å²) >= 11 is 0. The van der Waals surface area contributed by atoms with Crippen LogP contribution in [0.3, 0.4) is 0 Å². The second kappa shape index (κ2) is 11.7. The topological polar surface area (TPSA) is 133 Å². The number of fused-ring (bicyclic) bond motifs is 1. The standard InChI is InChI=1S/C31H32N4O5S/c1-21(27-13-7-11-22-10-5-6-12-28(22)27)33-35(31(37)38)19-25-18-34(20-29(25)23-8-3-2-4-9-23)30(36)24-14-16-26(17-15-24)41(32,39)40/h2-17,21,25,29,33H,18-20H2,1H3,(H,37,38)(H2,32,39,40)/t21-,25-,29-/m1/s1. The van der Waals surface area contributed by atoms with Gasteiger partial charge < -0.3 is 10.0 Å². The van der Waals surface area contributed by atoms with Crippen molar-refractivity contribution in [3.63, 3.8) is 0 Å². The third-order valence-corrected chi connectivity index (χ3v) is 8.60. The molecule has 0 aliphatic carbocycles. The molecule has 5 rings (SSSR count). The van der Waals surface area contributed by atoms with Crippen LogP contribution < -0.4 is 10.6 Å². The number of carbonyl (C=O) groups is 2. The number of sulfonamides is 1. The van der Waals surface area contributed by atoms with Crippen molar-refractivity contribution in [1.82, 2.24) is 15.3 Å². The largest absolute Gasteiger partial charge is 0.464 e. The second-order valence-electron chi connectivity index (χ2n) is 10.4. The number of rotatable bonds is 8. The average molecular weight is 573 g/mol. The Morgan fingerprint density at radius 1 is 0.951 bits per heavy atom. The fourth-order valence-corrected chi connectivity index (χ4v) is 6.14. The highest BCUT2D eigenvalue weighted by Gasteiger charge is 2.38. The lowest BCUT2D eigenvalue weighted by Gasteiger charge is -2.29. The van der Waals surface area contributed by atoms with Gasteiger partial charge in [0.2, 0.25) is 10.0 Å². The molecule has 4 aromatic rings. The molecule has 41 heavy (non-hydrogen) atoms. The van der Waals surface area contributed by atoms with Crippen molar-refractivity contribution in [2.24, 2.45) is 11.1 Å². The molecule has 0 spiro atoms. The molecule has 1 aliphatic rings. The fraction of sp³-hybridized carbons (Fsp3) is 0.226. The van der Waals surface area contributed by atoms with E-state index in [-0.39, 0.29) is 35.2 Å². The summed E-state index contributed by atoms with van der Waals surface area (Å²) in [5, 5.41) is 18.7. The normalized spacial score (nSPS) is 17.9. The maximum absolute atomic E-state index is 13.4. The molecule has 4 aromatic carbocycles. The van der Waals surface area contributed by atoms with Crippen molar-refractivity contribution in [2.45, 2.75) is 23.8 Å². The highest BCUT2D eigenvalue weighted by Crippen LogP contribution is 2.34. The van der Waals surface area contributed by atoms with Gasteiger partial charge in [0.15, 0.2) is 0 Å². The second-order valence-corrected chi connectivity index (χ2v) is 11.9. The third-order valence-electron chi connectivity index (χ3n) is 7.67. The van der Waals surface area contributed by atoms with E-state index in [1.807, 2.05) is 79.7 Å². The van der Waals surface area contributed by atoms with Crippen LogP contribution in [0, 0.1) is 5.92 Å². The zero-order valence-corrected chi connectivity index (χ0v) is 23.4. The Hall–Kier alpha value is -4.25. The van der Waals surface area contributed by atoms with Crippen molar-refractivity contribution >= 4 is 32.8 Å². The molecule has 9 nitrogen and oxygen atoms in total. The van der Waals surface area contributed by atoms with Crippen molar-refractivity contribution in [3.05, 3.63) is 114 Å². The minimum atomic E-state index is -3.87. The zero-order valence-electron chi connectivity index (χ0n) is 22.6. The third kappa shape index (κ3) is 6.25. The van der Waals surface area contributed by atoms with Gasteiger partial charge in [-0.3, -0.25) is 4.79 Å². The van der Waals surface area contributed by atoms with Crippen LogP contribution in [0.15, 0.2) is 102 Å². The minimum Gasteiger partial charge on any atom is -0.464 e. The van der Waals surface area contributed by atoms with Crippen LogP contribution in [0.1, 0.15) is 40.4 Å². The molecule has 3 atom stereocenters. The van der Waals surface area contributed by atoms with Gasteiger partial charge in [-0.05, 0) is 53.1 Å². The molecule has 2 amide bonds. The van der Waals surface area contributed by atoms with Crippen molar-refractivity contribution in [1.29, 1.82) is 0 Å². The summed E-state index contributed by atoms with van der Waals surface area (Å²) in [4.78, 5) is 27.5. The highest BCUT2D eigenvalue weighted by atomic mass is 32.2. The Kier molecular flexibility index (Phi) is 8.07. The molecule has 0 radical (unpaired) electrons. The summed E-state index contributed by atoms with van der Waals surface area (Å²) < 4.78 is 23.3. The molecule has 0 bridgehead atoms. The van der Waals surface area contributed by atoms with Gasteiger partial charge >= 0.3 is 6.09 Å². The summed E-state index contributed by atoms with van der Waals surface area (Å²) in [7, 11) is -3.87. The number of primary sulfonamides is 1. The average Bonchev–Trinajstić information content (AvgIpc) is 3.40. The highest BCUT2D eigenvalue weighted by molar-refractivity contribution is 7.89. The first kappa shape index (κ1) is 28.3. The van der Waals surface area contributed by atoms with Crippen LogP contribution in [0.2, 0.25) is 0 Å². The fourth-order valence-electron chi connectivity index (χ4n) is 5.62. The number of hydrazine groups is 1. The summed E-state index contributed by atoms with van der Waals surface area (Å²) in [6.45, 7) is 2.83. The van der Waals surface area contributed by atoms with E-state index in [0.29, 0.717) is 18.7 Å². The SMILES string of the molecule is C[C@@H](NN(C[C@H]1CN(C(=O)c2ccc(S(N)(=O)=O)cc2)C[C@@H]1c1ccccc1)C(=O)O)c1cccc2ccccc12. The molecule has 1 fully saturated rings. The number of carboxylic acid groups (broad SMARTS) is 1. The molecule has 4 N–H and O–H groups in total. The Labute approximate surface area is 239 Å². The van der Waals surface area contributed by atoms with Crippen molar-refractivity contribution < 1.29 is 23.1 Å². The van der Waals surface area contributed by atoms with Gasteiger partial charge in [-0.2, -0.15) is 0 Å². The van der Waals surface area contributed by atoms with E-state index in [9.17, 15) is 23.1 Å². The zero-order chi connectivity index (χ0) is 29.1. The van der Waals surface area contributed by atoms with Crippen molar-refractivity contribution in [2.75, 3.05) is 19.6 Å². The van der Waals surface area contributed by atoms with Gasteiger partial charge in [-0.25, -0.2) is 28.8 Å². The molecule has 0 saturated carbocycles. The Bertz CT molecular complexity index is 1660.